The van der Waals surface area contributed by atoms with Crippen LogP contribution in [-0.2, 0) is 33.3 Å². The van der Waals surface area contributed by atoms with Gasteiger partial charge in [0.2, 0.25) is 0 Å². The van der Waals surface area contributed by atoms with Crippen LogP contribution in [-0.4, -0.2) is 87.4 Å². The Morgan fingerprint density at radius 1 is 0.352 bits per heavy atom. The lowest BCUT2D eigenvalue weighted by Gasteiger charge is -2.25. The summed E-state index contributed by atoms with van der Waals surface area (Å²) < 4.78 is 23.0. The lowest BCUT2D eigenvalue weighted by atomic mass is 10.0. The number of carboxylic acids is 1. The van der Waals surface area contributed by atoms with Gasteiger partial charge in [-0.3, -0.25) is 9.59 Å². The molecule has 0 aromatic rings. The Labute approximate surface area is 543 Å². The zero-order valence-electron chi connectivity index (χ0n) is 58.1. The molecule has 0 bridgehead atoms. The Bertz CT molecular complexity index is 1770. The minimum atomic E-state index is -1.52. The first kappa shape index (κ1) is 84.2. The molecule has 0 aliphatic rings. The third kappa shape index (κ3) is 69.7. The van der Waals surface area contributed by atoms with Gasteiger partial charge in [0.25, 0.3) is 6.29 Å². The number of aliphatic carboxylic acids is 1. The van der Waals surface area contributed by atoms with E-state index in [-0.39, 0.29) is 32.2 Å². The topological polar surface area (TPSA) is 108 Å². The number of carbonyl (C=O) groups is 3. The zero-order chi connectivity index (χ0) is 64.0. The number of rotatable bonds is 68. The number of nitrogens with zero attached hydrogens (tertiary/aromatic N) is 1. The Kier molecular flexibility index (Phi) is 66.1. The second-order valence-electron chi connectivity index (χ2n) is 25.9. The lowest BCUT2D eigenvalue weighted by Crippen LogP contribution is -2.40. The average Bonchev–Trinajstić information content (AvgIpc) is 3.50. The molecule has 2 atom stereocenters. The number of carboxylic acid groups (broad SMARTS) is 1. The molecule has 0 heterocycles. The highest BCUT2D eigenvalue weighted by atomic mass is 16.7. The van der Waals surface area contributed by atoms with Crippen LogP contribution in [0.25, 0.3) is 0 Å². The summed E-state index contributed by atoms with van der Waals surface area (Å²) in [5.74, 6) is -2.02. The maximum Gasteiger partial charge on any atom is 0.361 e. The lowest BCUT2D eigenvalue weighted by molar-refractivity contribution is -0.870. The summed E-state index contributed by atoms with van der Waals surface area (Å²) in [7, 11) is 5.97. The van der Waals surface area contributed by atoms with Crippen LogP contribution in [0.2, 0.25) is 0 Å². The van der Waals surface area contributed by atoms with Crippen molar-refractivity contribution in [3.05, 3.63) is 97.2 Å². The van der Waals surface area contributed by atoms with Crippen LogP contribution in [0.5, 0.6) is 0 Å². The van der Waals surface area contributed by atoms with E-state index in [9.17, 15) is 19.5 Å². The van der Waals surface area contributed by atoms with E-state index in [1.54, 1.807) is 0 Å². The van der Waals surface area contributed by atoms with Crippen molar-refractivity contribution in [1.29, 1.82) is 0 Å². The number of allylic oxidation sites excluding steroid dienone is 16. The highest BCUT2D eigenvalue weighted by Gasteiger charge is 2.25. The average molecular weight is 1230 g/mol. The number of hydrogen-bond acceptors (Lipinski definition) is 7. The zero-order valence-corrected chi connectivity index (χ0v) is 58.1. The summed E-state index contributed by atoms with van der Waals surface area (Å²) >= 11 is 0. The molecule has 0 saturated carbocycles. The summed E-state index contributed by atoms with van der Waals surface area (Å²) in [5, 5.41) is 9.76. The van der Waals surface area contributed by atoms with Gasteiger partial charge in [-0.05, 0) is 77.0 Å². The summed E-state index contributed by atoms with van der Waals surface area (Å²) in [6.45, 7) is 4.78. The van der Waals surface area contributed by atoms with Crippen molar-refractivity contribution in [2.75, 3.05) is 47.5 Å². The van der Waals surface area contributed by atoms with Crippen LogP contribution in [0, 0.1) is 0 Å². The molecule has 0 aromatic carbocycles. The summed E-state index contributed by atoms with van der Waals surface area (Å²) in [6, 6.07) is 0. The smallest absolute Gasteiger partial charge is 0.361 e. The Morgan fingerprint density at radius 2 is 0.648 bits per heavy atom. The molecule has 0 spiro atoms. The van der Waals surface area contributed by atoms with Gasteiger partial charge in [-0.1, -0.05) is 336 Å². The van der Waals surface area contributed by atoms with Crippen molar-refractivity contribution in [1.82, 2.24) is 0 Å². The molecule has 0 radical (unpaired) electrons. The summed E-state index contributed by atoms with van der Waals surface area (Å²) in [6.07, 6.45) is 92.5. The van der Waals surface area contributed by atoms with Crippen molar-refractivity contribution >= 4 is 17.9 Å². The number of unbranched alkanes of at least 4 members (excludes halogenated alkanes) is 37. The second kappa shape index (κ2) is 69.1. The third-order valence-electron chi connectivity index (χ3n) is 16.1. The Balaban J connectivity index is 4.12. The summed E-state index contributed by atoms with van der Waals surface area (Å²) in [5.41, 5.74) is 0. The molecular weight excluding hydrogens is 1090 g/mol. The third-order valence-corrected chi connectivity index (χ3v) is 16.1. The van der Waals surface area contributed by atoms with Crippen LogP contribution >= 0.6 is 0 Å². The molecule has 0 rings (SSSR count). The fourth-order valence-corrected chi connectivity index (χ4v) is 10.5. The Hall–Kier alpha value is -3.79. The molecular formula is C79H140NO8+. The predicted octanol–water partition coefficient (Wildman–Crippen LogP) is 23.2. The molecule has 2 unspecified atom stereocenters. The van der Waals surface area contributed by atoms with Gasteiger partial charge in [0.15, 0.2) is 6.10 Å². The van der Waals surface area contributed by atoms with Gasteiger partial charge >= 0.3 is 17.9 Å². The van der Waals surface area contributed by atoms with Gasteiger partial charge in [-0.25, -0.2) is 4.79 Å². The van der Waals surface area contributed by atoms with Crippen LogP contribution in [0.1, 0.15) is 328 Å². The number of esters is 2. The van der Waals surface area contributed by atoms with E-state index in [0.29, 0.717) is 23.9 Å². The number of hydrogen-bond donors (Lipinski definition) is 1. The maximum atomic E-state index is 13.0. The molecule has 9 heteroatoms. The molecule has 0 aliphatic heterocycles. The molecule has 0 fully saturated rings. The molecule has 1 N–H and O–H groups in total. The number of ether oxygens (including phenoxy) is 4. The van der Waals surface area contributed by atoms with Crippen molar-refractivity contribution in [2.24, 2.45) is 0 Å². The van der Waals surface area contributed by atoms with Crippen molar-refractivity contribution in [3.63, 3.8) is 0 Å². The van der Waals surface area contributed by atoms with E-state index >= 15 is 0 Å². The highest BCUT2D eigenvalue weighted by molar-refractivity contribution is 5.71. The first-order valence-electron chi connectivity index (χ1n) is 36.9. The van der Waals surface area contributed by atoms with Gasteiger partial charge in [-0.2, -0.15) is 0 Å². The Morgan fingerprint density at radius 3 is 0.966 bits per heavy atom. The van der Waals surface area contributed by atoms with Crippen molar-refractivity contribution in [2.45, 2.75) is 341 Å². The fourth-order valence-electron chi connectivity index (χ4n) is 10.5. The number of carbonyl (C=O) groups excluding carboxylic acids is 2. The van der Waals surface area contributed by atoms with E-state index in [1.165, 1.54) is 186 Å². The van der Waals surface area contributed by atoms with Crippen LogP contribution in [0.15, 0.2) is 97.2 Å². The normalized spacial score (nSPS) is 13.2. The molecule has 9 nitrogen and oxygen atoms in total. The van der Waals surface area contributed by atoms with Gasteiger partial charge in [-0.15, -0.1) is 0 Å². The van der Waals surface area contributed by atoms with E-state index in [1.807, 2.05) is 21.1 Å². The standard InChI is InChI=1S/C79H139NO8/c1-6-8-10-12-14-16-18-20-22-24-26-28-30-32-34-36-38-40-41-43-45-47-49-51-53-55-57-59-61-63-65-67-69-76(81)86-73-75(74-87-79(78(83)84)85-72-71-80(3,4)5)88-77(82)70-68-66-64-62-60-58-56-54-52-50-48-46-44-42-39-37-35-33-31-29-27-25-23-21-19-17-15-13-11-9-7-2/h9,11,15,17,21,23,27,29,33,35,39,42,46,48,52,54,75,79H,6-8,10,12-14,16,18-20,22,24-26,28,30-32,34,36-38,40-41,43-45,47,49-51,53,55-74H2,1-5H3/p+1/b11-9-,17-15-,23-21-,29-27-,35-33-,42-39-,48-46-,54-52-. The monoisotopic (exact) mass is 1230 g/mol. The van der Waals surface area contributed by atoms with E-state index < -0.39 is 24.3 Å². The van der Waals surface area contributed by atoms with Gasteiger partial charge < -0.3 is 28.5 Å². The second-order valence-corrected chi connectivity index (χ2v) is 25.9. The van der Waals surface area contributed by atoms with E-state index in [2.05, 4.69) is 111 Å². The largest absolute Gasteiger partial charge is 0.477 e. The number of quaternary nitrogens is 1. The minimum Gasteiger partial charge on any atom is -0.477 e. The maximum absolute atomic E-state index is 13.0. The minimum absolute atomic E-state index is 0.181. The van der Waals surface area contributed by atoms with Gasteiger partial charge in [0, 0.05) is 12.8 Å². The summed E-state index contributed by atoms with van der Waals surface area (Å²) in [4.78, 5) is 37.7. The van der Waals surface area contributed by atoms with Crippen molar-refractivity contribution < 1.29 is 42.9 Å². The molecule has 0 amide bonds. The van der Waals surface area contributed by atoms with Gasteiger partial charge in [0.05, 0.1) is 34.4 Å². The number of likely N-dealkylation sites (N-methyl/N-ethyl adjacent to an activating group) is 1. The molecule has 508 valence electrons. The molecule has 0 aliphatic carbocycles. The first-order valence-corrected chi connectivity index (χ1v) is 36.9. The molecule has 0 aromatic heterocycles. The van der Waals surface area contributed by atoms with Crippen molar-refractivity contribution in [3.8, 4) is 0 Å². The van der Waals surface area contributed by atoms with Crippen LogP contribution in [0.4, 0.5) is 0 Å². The van der Waals surface area contributed by atoms with E-state index in [4.69, 9.17) is 18.9 Å². The highest BCUT2D eigenvalue weighted by Crippen LogP contribution is 2.18. The first-order chi connectivity index (χ1) is 43.1. The van der Waals surface area contributed by atoms with E-state index in [0.717, 1.165) is 109 Å². The molecule has 88 heavy (non-hydrogen) atoms. The quantitative estimate of drug-likeness (QED) is 0.0211. The van der Waals surface area contributed by atoms with Crippen LogP contribution < -0.4 is 0 Å². The van der Waals surface area contributed by atoms with Gasteiger partial charge in [0.1, 0.15) is 13.2 Å². The molecule has 0 saturated heterocycles. The van der Waals surface area contributed by atoms with Crippen LogP contribution in [0.3, 0.4) is 0 Å². The predicted molar refractivity (Wildman–Crippen MR) is 378 cm³/mol. The SMILES string of the molecule is CC/C=C\C/C=C\C/C=C\C/C=C\C/C=C\C/C=C\C/C=C\C/C=C\CCCCCCCCC(=O)OC(COC(=O)CCCCCCCCCCCCCCCCCCCCCCCCCCCCCCCCCC)COC(OCC[N+](C)(C)C)C(=O)O. The fraction of sp³-hybridized carbons (Fsp3) is 0.759.